The van der Waals surface area contributed by atoms with Gasteiger partial charge in [-0.3, -0.25) is 9.52 Å². The largest absolute Gasteiger partial charge is 0.366 e. The Labute approximate surface area is 152 Å². The van der Waals surface area contributed by atoms with Crippen LogP contribution in [0.15, 0.2) is 48.5 Å². The van der Waals surface area contributed by atoms with Crippen molar-refractivity contribution >= 4 is 27.3 Å². The Kier molecular flexibility index (Phi) is 5.13. The summed E-state index contributed by atoms with van der Waals surface area (Å²) < 4.78 is 38.9. The highest BCUT2D eigenvalue weighted by atomic mass is 32.2. The summed E-state index contributed by atoms with van der Waals surface area (Å²) >= 11 is 0. The van der Waals surface area contributed by atoms with E-state index < -0.39 is 10.0 Å². The number of benzene rings is 2. The van der Waals surface area contributed by atoms with E-state index in [1.165, 1.54) is 12.1 Å². The number of anilines is 2. The van der Waals surface area contributed by atoms with Crippen LogP contribution in [-0.4, -0.2) is 51.7 Å². The lowest BCUT2D eigenvalue weighted by Gasteiger charge is -2.36. The van der Waals surface area contributed by atoms with Gasteiger partial charge in [-0.25, -0.2) is 12.8 Å². The number of carbonyl (C=O) groups excluding carboxylic acids is 1. The second-order valence-electron chi connectivity index (χ2n) is 6.19. The second-order valence-corrected chi connectivity index (χ2v) is 7.93. The van der Waals surface area contributed by atoms with E-state index >= 15 is 0 Å². The molecule has 0 bridgehead atoms. The Hall–Kier alpha value is -2.61. The van der Waals surface area contributed by atoms with Gasteiger partial charge < -0.3 is 9.80 Å². The fourth-order valence-corrected chi connectivity index (χ4v) is 3.53. The SMILES string of the molecule is CS(=O)(=O)Nc1cccc(C(=O)N2CCN(c3ccccc3F)CC2)c1. The number of hydrogen-bond acceptors (Lipinski definition) is 4. The third-order valence-corrected chi connectivity index (χ3v) is 4.78. The van der Waals surface area contributed by atoms with E-state index in [4.69, 9.17) is 0 Å². The maximum absolute atomic E-state index is 13.9. The molecule has 138 valence electrons. The minimum absolute atomic E-state index is 0.171. The minimum atomic E-state index is -3.40. The zero-order chi connectivity index (χ0) is 18.7. The molecule has 0 unspecified atom stereocenters. The van der Waals surface area contributed by atoms with Crippen LogP contribution in [0.1, 0.15) is 10.4 Å². The highest BCUT2D eigenvalue weighted by Gasteiger charge is 2.23. The molecule has 1 N–H and O–H groups in total. The van der Waals surface area contributed by atoms with Crippen LogP contribution < -0.4 is 9.62 Å². The van der Waals surface area contributed by atoms with E-state index in [2.05, 4.69) is 4.72 Å². The maximum Gasteiger partial charge on any atom is 0.254 e. The quantitative estimate of drug-likeness (QED) is 0.887. The first-order valence-corrected chi connectivity index (χ1v) is 10.1. The summed E-state index contributed by atoms with van der Waals surface area (Å²) in [5.74, 6) is -0.442. The molecule has 1 aliphatic heterocycles. The van der Waals surface area contributed by atoms with E-state index in [1.807, 2.05) is 4.90 Å². The number of para-hydroxylation sites is 1. The summed E-state index contributed by atoms with van der Waals surface area (Å²) in [6, 6.07) is 13.0. The van der Waals surface area contributed by atoms with Gasteiger partial charge >= 0.3 is 0 Å². The normalized spacial score (nSPS) is 15.0. The summed E-state index contributed by atoms with van der Waals surface area (Å²) in [6.07, 6.45) is 1.06. The summed E-state index contributed by atoms with van der Waals surface area (Å²) in [5, 5.41) is 0. The Morgan fingerprint density at radius 2 is 1.73 bits per heavy atom. The zero-order valence-electron chi connectivity index (χ0n) is 14.4. The van der Waals surface area contributed by atoms with Crippen molar-refractivity contribution in [3.05, 3.63) is 59.9 Å². The van der Waals surface area contributed by atoms with Crippen molar-refractivity contribution in [2.45, 2.75) is 0 Å². The Bertz CT molecular complexity index is 909. The molecule has 6 nitrogen and oxygen atoms in total. The molecule has 8 heteroatoms. The molecule has 3 rings (SSSR count). The number of piperazine rings is 1. The molecule has 2 aromatic carbocycles. The second kappa shape index (κ2) is 7.33. The van der Waals surface area contributed by atoms with Crippen LogP contribution >= 0.6 is 0 Å². The van der Waals surface area contributed by atoms with Gasteiger partial charge in [0.25, 0.3) is 5.91 Å². The fraction of sp³-hybridized carbons (Fsp3) is 0.278. The van der Waals surface area contributed by atoms with Crippen molar-refractivity contribution in [1.29, 1.82) is 0 Å². The molecule has 1 heterocycles. The number of halogens is 1. The molecule has 1 aliphatic rings. The highest BCUT2D eigenvalue weighted by Crippen LogP contribution is 2.21. The number of nitrogens with zero attached hydrogens (tertiary/aromatic N) is 2. The molecule has 0 saturated carbocycles. The van der Waals surface area contributed by atoms with Crippen molar-refractivity contribution < 1.29 is 17.6 Å². The number of amides is 1. The molecule has 2 aromatic rings. The topological polar surface area (TPSA) is 69.7 Å². The first kappa shape index (κ1) is 18.2. The predicted octanol–water partition coefficient (Wildman–Crippen LogP) is 2.16. The summed E-state index contributed by atoms with van der Waals surface area (Å²) in [5.41, 5.74) is 1.31. The third-order valence-electron chi connectivity index (χ3n) is 4.17. The molecule has 0 aromatic heterocycles. The standard InChI is InChI=1S/C18H20FN3O3S/c1-26(24,25)20-15-6-4-5-14(13-15)18(23)22-11-9-21(10-12-22)17-8-3-2-7-16(17)19/h2-8,13,20H,9-12H2,1H3. The Morgan fingerprint density at radius 1 is 1.04 bits per heavy atom. The van der Waals surface area contributed by atoms with Crippen LogP contribution in [0, 0.1) is 5.82 Å². The lowest BCUT2D eigenvalue weighted by molar-refractivity contribution is 0.0746. The van der Waals surface area contributed by atoms with Gasteiger partial charge in [-0.2, -0.15) is 0 Å². The summed E-state index contributed by atoms with van der Waals surface area (Å²) in [6.45, 7) is 2.01. The van der Waals surface area contributed by atoms with Crippen LogP contribution in [0.2, 0.25) is 0 Å². The van der Waals surface area contributed by atoms with Crippen LogP contribution in [0.25, 0.3) is 0 Å². The lowest BCUT2D eigenvalue weighted by atomic mass is 10.1. The number of nitrogens with one attached hydrogen (secondary N) is 1. The van der Waals surface area contributed by atoms with Crippen LogP contribution in [-0.2, 0) is 10.0 Å². The van der Waals surface area contributed by atoms with E-state index in [9.17, 15) is 17.6 Å². The predicted molar refractivity (Wildman–Crippen MR) is 99.4 cm³/mol. The van der Waals surface area contributed by atoms with Crippen molar-refractivity contribution in [2.24, 2.45) is 0 Å². The molecule has 0 aliphatic carbocycles. The average Bonchev–Trinajstić information content (AvgIpc) is 2.60. The van der Waals surface area contributed by atoms with E-state index in [0.717, 1.165) is 6.26 Å². The van der Waals surface area contributed by atoms with E-state index in [0.29, 0.717) is 43.1 Å². The lowest BCUT2D eigenvalue weighted by Crippen LogP contribution is -2.49. The molecule has 1 saturated heterocycles. The Balaban J connectivity index is 1.67. The van der Waals surface area contributed by atoms with Crippen molar-refractivity contribution in [3.63, 3.8) is 0 Å². The molecule has 1 amide bonds. The molecule has 26 heavy (non-hydrogen) atoms. The summed E-state index contributed by atoms with van der Waals surface area (Å²) in [4.78, 5) is 16.3. The monoisotopic (exact) mass is 377 g/mol. The van der Waals surface area contributed by atoms with Crippen molar-refractivity contribution in [2.75, 3.05) is 42.1 Å². The van der Waals surface area contributed by atoms with Crippen molar-refractivity contribution in [3.8, 4) is 0 Å². The smallest absolute Gasteiger partial charge is 0.254 e. The van der Waals surface area contributed by atoms with Crippen LogP contribution in [0.4, 0.5) is 15.8 Å². The van der Waals surface area contributed by atoms with Crippen molar-refractivity contribution in [1.82, 2.24) is 4.90 Å². The van der Waals surface area contributed by atoms with Crippen LogP contribution in [0.3, 0.4) is 0 Å². The molecule has 0 spiro atoms. The first-order chi connectivity index (χ1) is 12.3. The van der Waals surface area contributed by atoms with E-state index in [-0.39, 0.29) is 11.7 Å². The average molecular weight is 377 g/mol. The van der Waals surface area contributed by atoms with Crippen LogP contribution in [0.5, 0.6) is 0 Å². The Morgan fingerprint density at radius 3 is 2.38 bits per heavy atom. The van der Waals surface area contributed by atoms with Gasteiger partial charge in [0.1, 0.15) is 5.82 Å². The summed E-state index contributed by atoms with van der Waals surface area (Å²) in [7, 11) is -3.40. The zero-order valence-corrected chi connectivity index (χ0v) is 15.2. The van der Waals surface area contributed by atoms with Gasteiger partial charge in [-0.05, 0) is 30.3 Å². The van der Waals surface area contributed by atoms with Gasteiger partial charge in [0.05, 0.1) is 11.9 Å². The van der Waals surface area contributed by atoms with Gasteiger partial charge in [0, 0.05) is 37.4 Å². The molecule has 0 atom stereocenters. The number of carbonyl (C=O) groups is 1. The third kappa shape index (κ3) is 4.32. The molecular formula is C18H20FN3O3S. The van der Waals surface area contributed by atoms with E-state index in [1.54, 1.807) is 41.3 Å². The number of sulfonamides is 1. The number of hydrogen-bond donors (Lipinski definition) is 1. The minimum Gasteiger partial charge on any atom is -0.366 e. The number of rotatable bonds is 4. The molecular weight excluding hydrogens is 357 g/mol. The molecule has 0 radical (unpaired) electrons. The first-order valence-electron chi connectivity index (χ1n) is 8.20. The van der Waals surface area contributed by atoms with Gasteiger partial charge in [0.15, 0.2) is 0 Å². The van der Waals surface area contributed by atoms with Gasteiger partial charge in [-0.15, -0.1) is 0 Å². The maximum atomic E-state index is 13.9. The highest BCUT2D eigenvalue weighted by molar-refractivity contribution is 7.92. The molecule has 1 fully saturated rings. The van der Waals surface area contributed by atoms with Gasteiger partial charge in [-0.1, -0.05) is 18.2 Å². The van der Waals surface area contributed by atoms with Gasteiger partial charge in [0.2, 0.25) is 10.0 Å². The fourth-order valence-electron chi connectivity index (χ4n) is 2.97.